The zero-order valence-corrected chi connectivity index (χ0v) is 18.1. The molecule has 0 spiro atoms. The van der Waals surface area contributed by atoms with Crippen LogP contribution in [0.3, 0.4) is 0 Å². The lowest BCUT2D eigenvalue weighted by Gasteiger charge is -2.30. The monoisotopic (exact) mass is 420 g/mol. The van der Waals surface area contributed by atoms with Crippen molar-refractivity contribution < 1.29 is 4.39 Å². The van der Waals surface area contributed by atoms with Crippen molar-refractivity contribution >= 4 is 29.9 Å². The van der Waals surface area contributed by atoms with Crippen molar-refractivity contribution in [2.24, 2.45) is 0 Å². The van der Waals surface area contributed by atoms with Crippen LogP contribution in [0.25, 0.3) is 0 Å². The Balaban J connectivity index is 0.00000240. The number of hydrogen-bond donors (Lipinski definition) is 1. The Morgan fingerprint density at radius 2 is 2.07 bits per heavy atom. The topological polar surface area (TPSA) is 47.5 Å². The van der Waals surface area contributed by atoms with Crippen molar-refractivity contribution in [1.29, 1.82) is 0 Å². The van der Waals surface area contributed by atoms with Crippen molar-refractivity contribution in [1.82, 2.24) is 14.9 Å². The summed E-state index contributed by atoms with van der Waals surface area (Å²) in [6, 6.07) is 8.51. The fraction of sp³-hybridized carbons (Fsp3) is 0.524. The number of rotatable bonds is 6. The van der Waals surface area contributed by atoms with Crippen molar-refractivity contribution in [2.75, 3.05) is 55.9 Å². The molecule has 1 saturated heterocycles. The first-order valence-corrected chi connectivity index (χ1v) is 9.95. The quantitative estimate of drug-likeness (QED) is 0.775. The number of halogens is 2. The number of alkyl halides is 1. The highest BCUT2D eigenvalue weighted by atomic mass is 35.5. The summed E-state index contributed by atoms with van der Waals surface area (Å²) in [5.41, 5.74) is 4.00. The number of aromatic nitrogens is 2. The summed E-state index contributed by atoms with van der Waals surface area (Å²) in [5, 5.41) is 3.51. The van der Waals surface area contributed by atoms with E-state index >= 15 is 0 Å². The molecule has 2 aliphatic rings. The van der Waals surface area contributed by atoms with Gasteiger partial charge in [-0.1, -0.05) is 18.2 Å². The largest absolute Gasteiger partial charge is 0.384 e. The van der Waals surface area contributed by atoms with E-state index in [0.29, 0.717) is 18.9 Å². The summed E-state index contributed by atoms with van der Waals surface area (Å²) in [5.74, 6) is 1.46. The Morgan fingerprint density at radius 1 is 1.24 bits per heavy atom. The maximum atomic E-state index is 14.3. The van der Waals surface area contributed by atoms with E-state index in [2.05, 4.69) is 50.3 Å². The van der Waals surface area contributed by atoms with Gasteiger partial charge >= 0.3 is 0 Å². The van der Waals surface area contributed by atoms with Gasteiger partial charge < -0.3 is 15.1 Å². The average molecular weight is 421 g/mol. The lowest BCUT2D eigenvalue weighted by atomic mass is 10.1. The molecule has 1 aromatic carbocycles. The third kappa shape index (κ3) is 4.73. The van der Waals surface area contributed by atoms with Crippen LogP contribution in [0.2, 0.25) is 0 Å². The molecule has 158 valence electrons. The fourth-order valence-corrected chi connectivity index (χ4v) is 4.29. The first-order valence-electron chi connectivity index (χ1n) is 9.95. The minimum absolute atomic E-state index is 0. The smallest absolute Gasteiger partial charge is 0.226 e. The average Bonchev–Trinajstić information content (AvgIpc) is 3.29. The first kappa shape index (κ1) is 21.6. The fourth-order valence-electron chi connectivity index (χ4n) is 4.29. The summed E-state index contributed by atoms with van der Waals surface area (Å²) >= 11 is 0. The van der Waals surface area contributed by atoms with Gasteiger partial charge in [0.25, 0.3) is 0 Å². The van der Waals surface area contributed by atoms with Gasteiger partial charge in [-0.05, 0) is 30.7 Å². The summed E-state index contributed by atoms with van der Waals surface area (Å²) in [7, 11) is 5.95. The van der Waals surface area contributed by atoms with Crippen LogP contribution in [0.1, 0.15) is 17.5 Å². The zero-order chi connectivity index (χ0) is 19.7. The van der Waals surface area contributed by atoms with Gasteiger partial charge in [-0.25, -0.2) is 9.37 Å². The molecule has 2 aromatic rings. The van der Waals surface area contributed by atoms with E-state index in [1.54, 1.807) is 6.20 Å². The van der Waals surface area contributed by atoms with E-state index in [-0.39, 0.29) is 18.4 Å². The number of fused-ring (bicyclic) bond motifs is 1. The molecule has 29 heavy (non-hydrogen) atoms. The number of anilines is 3. The molecule has 2 atom stereocenters. The maximum Gasteiger partial charge on any atom is 0.226 e. The van der Waals surface area contributed by atoms with Crippen molar-refractivity contribution in [3.8, 4) is 0 Å². The molecule has 2 aliphatic heterocycles. The van der Waals surface area contributed by atoms with Crippen LogP contribution < -0.4 is 15.1 Å². The SMILES string of the molecule is CN(Cc1cccc2c1NCC2)C[C@@H]1C[C@H](F)CN1c1ccnc(N(C)C)n1.Cl. The summed E-state index contributed by atoms with van der Waals surface area (Å²) in [4.78, 5) is 15.2. The Labute approximate surface area is 178 Å². The molecule has 1 aromatic heterocycles. The van der Waals surface area contributed by atoms with Crippen LogP contribution in [-0.4, -0.2) is 67.9 Å². The van der Waals surface area contributed by atoms with Crippen LogP contribution in [0, 0.1) is 0 Å². The maximum absolute atomic E-state index is 14.3. The van der Waals surface area contributed by atoms with Crippen LogP contribution in [-0.2, 0) is 13.0 Å². The molecule has 4 rings (SSSR count). The Morgan fingerprint density at radius 3 is 2.86 bits per heavy atom. The lowest BCUT2D eigenvalue weighted by Crippen LogP contribution is -2.39. The van der Waals surface area contributed by atoms with E-state index in [1.165, 1.54) is 16.8 Å². The molecule has 1 fully saturated rings. The molecule has 3 heterocycles. The highest BCUT2D eigenvalue weighted by Crippen LogP contribution is 2.29. The molecule has 8 heteroatoms. The Bertz CT molecular complexity index is 833. The number of likely N-dealkylation sites (N-methyl/N-ethyl adjacent to an activating group) is 1. The zero-order valence-electron chi connectivity index (χ0n) is 17.3. The minimum Gasteiger partial charge on any atom is -0.384 e. The van der Waals surface area contributed by atoms with Gasteiger partial charge in [0.05, 0.1) is 6.54 Å². The molecule has 0 bridgehead atoms. The van der Waals surface area contributed by atoms with Crippen LogP contribution >= 0.6 is 12.4 Å². The van der Waals surface area contributed by atoms with E-state index in [0.717, 1.165) is 31.9 Å². The predicted octanol–water partition coefficient (Wildman–Crippen LogP) is 2.98. The van der Waals surface area contributed by atoms with E-state index in [4.69, 9.17) is 0 Å². The minimum atomic E-state index is -0.821. The lowest BCUT2D eigenvalue weighted by molar-refractivity contribution is 0.290. The highest BCUT2D eigenvalue weighted by Gasteiger charge is 2.34. The van der Waals surface area contributed by atoms with Crippen LogP contribution in [0.15, 0.2) is 30.5 Å². The molecule has 0 amide bonds. The second-order valence-electron chi connectivity index (χ2n) is 8.07. The van der Waals surface area contributed by atoms with Gasteiger partial charge in [-0.15, -0.1) is 12.4 Å². The Hall–Kier alpha value is -2.12. The number of hydrogen-bond acceptors (Lipinski definition) is 6. The predicted molar refractivity (Wildman–Crippen MR) is 119 cm³/mol. The number of benzene rings is 1. The van der Waals surface area contributed by atoms with E-state index in [9.17, 15) is 4.39 Å². The van der Waals surface area contributed by atoms with Crippen molar-refractivity contribution in [2.45, 2.75) is 31.6 Å². The molecule has 6 nitrogen and oxygen atoms in total. The van der Waals surface area contributed by atoms with E-state index < -0.39 is 6.17 Å². The van der Waals surface area contributed by atoms with Gasteiger partial charge in [-0.3, -0.25) is 4.90 Å². The first-order chi connectivity index (χ1) is 13.5. The highest BCUT2D eigenvalue weighted by molar-refractivity contribution is 5.85. The molecule has 0 aliphatic carbocycles. The van der Waals surface area contributed by atoms with Gasteiger partial charge in [0.15, 0.2) is 0 Å². The third-order valence-electron chi connectivity index (χ3n) is 5.58. The van der Waals surface area contributed by atoms with Gasteiger partial charge in [0.1, 0.15) is 12.0 Å². The van der Waals surface area contributed by atoms with Crippen LogP contribution in [0.4, 0.5) is 21.8 Å². The normalized spacial score (nSPS) is 20.4. The van der Waals surface area contributed by atoms with E-state index in [1.807, 2.05) is 25.1 Å². The molecule has 1 N–H and O–H groups in total. The van der Waals surface area contributed by atoms with Gasteiger partial charge in [-0.2, -0.15) is 4.98 Å². The van der Waals surface area contributed by atoms with Crippen molar-refractivity contribution in [3.05, 3.63) is 41.6 Å². The molecule has 0 radical (unpaired) electrons. The number of nitrogens with one attached hydrogen (secondary N) is 1. The standard InChI is InChI=1S/C21H29FN6.ClH/c1-26(2)21-24-10-8-19(25-21)28-13-17(22)11-18(28)14-27(3)12-16-6-4-5-15-7-9-23-20(15)16;/h4-6,8,10,17-18,23H,7,9,11-14H2,1-3H3;1H/t17-,18-;/m0./s1. The number of nitrogens with zero attached hydrogens (tertiary/aromatic N) is 5. The molecule has 0 saturated carbocycles. The van der Waals surface area contributed by atoms with Crippen molar-refractivity contribution in [3.63, 3.8) is 0 Å². The van der Waals surface area contributed by atoms with Gasteiger partial charge in [0, 0.05) is 58.1 Å². The number of para-hydroxylation sites is 1. The Kier molecular flexibility index (Phi) is 6.80. The van der Waals surface area contributed by atoms with Gasteiger partial charge in [0.2, 0.25) is 5.95 Å². The second kappa shape index (κ2) is 9.13. The second-order valence-corrected chi connectivity index (χ2v) is 8.07. The summed E-state index contributed by atoms with van der Waals surface area (Å²) in [6.45, 7) is 3.05. The summed E-state index contributed by atoms with van der Waals surface area (Å²) in [6.07, 6.45) is 2.56. The molecular weight excluding hydrogens is 391 g/mol. The molecule has 0 unspecified atom stereocenters. The van der Waals surface area contributed by atoms with Crippen LogP contribution in [0.5, 0.6) is 0 Å². The molecular formula is C21H30ClFN6. The third-order valence-corrected chi connectivity index (χ3v) is 5.58. The summed E-state index contributed by atoms with van der Waals surface area (Å²) < 4.78 is 14.3.